The molecule has 2 aromatic heterocycles. The molecule has 0 atom stereocenters. The lowest BCUT2D eigenvalue weighted by Gasteiger charge is -2.12. The maximum Gasteiger partial charge on any atom is 0.251 e. The van der Waals surface area contributed by atoms with Gasteiger partial charge in [-0.05, 0) is 69.5 Å². The molecule has 1 aliphatic rings. The number of amides is 1. The molecular weight excluding hydrogens is 432 g/mol. The Bertz CT molecular complexity index is 1120. The third kappa shape index (κ3) is 6.61. The number of ether oxygens (including phenoxy) is 1. The van der Waals surface area contributed by atoms with Gasteiger partial charge in [-0.25, -0.2) is 9.50 Å². The fourth-order valence-corrected chi connectivity index (χ4v) is 3.43. The average molecular weight is 467 g/mol. The maximum absolute atomic E-state index is 12.3. The Morgan fingerprint density at radius 1 is 1.29 bits per heavy atom. The number of carbonyl (C=O) groups excluding carboxylic acids is 2. The average Bonchev–Trinajstić information content (AvgIpc) is 3.59. The highest BCUT2D eigenvalue weighted by molar-refractivity contribution is 5.96. The van der Waals surface area contributed by atoms with Gasteiger partial charge < -0.3 is 20.7 Å². The number of aromatic nitrogens is 3. The predicted octanol–water partition coefficient (Wildman–Crippen LogP) is 3.43. The summed E-state index contributed by atoms with van der Waals surface area (Å²) in [5.74, 6) is 0.527. The first kappa shape index (κ1) is 25.3. The van der Waals surface area contributed by atoms with E-state index in [-0.39, 0.29) is 5.91 Å². The summed E-state index contributed by atoms with van der Waals surface area (Å²) in [6.07, 6.45) is 7.13. The monoisotopic (exact) mass is 466 g/mol. The SMILES string of the molecule is CCNCCCOC.Cc1ccc(C(=O)NC2CC2)cc1Nc1ncnn2cc(C=O)c(C)c12. The summed E-state index contributed by atoms with van der Waals surface area (Å²) in [5.41, 5.74) is 4.51. The molecule has 1 amide bonds. The molecule has 182 valence electrons. The van der Waals surface area contributed by atoms with Crippen molar-refractivity contribution < 1.29 is 14.3 Å². The van der Waals surface area contributed by atoms with Crippen LogP contribution in [-0.2, 0) is 4.74 Å². The fourth-order valence-electron chi connectivity index (χ4n) is 3.43. The molecule has 0 saturated heterocycles. The van der Waals surface area contributed by atoms with Crippen LogP contribution in [0.2, 0.25) is 0 Å². The molecule has 0 aliphatic heterocycles. The van der Waals surface area contributed by atoms with E-state index < -0.39 is 0 Å². The van der Waals surface area contributed by atoms with Gasteiger partial charge in [0, 0.05) is 42.8 Å². The number of methoxy groups -OCH3 is 1. The molecule has 4 rings (SSSR count). The van der Waals surface area contributed by atoms with Gasteiger partial charge in [-0.2, -0.15) is 5.10 Å². The molecule has 0 spiro atoms. The number of carbonyl (C=O) groups is 2. The van der Waals surface area contributed by atoms with E-state index in [1.54, 1.807) is 17.8 Å². The number of hydrogen-bond acceptors (Lipinski definition) is 7. The molecule has 1 saturated carbocycles. The molecule has 9 nitrogen and oxygen atoms in total. The summed E-state index contributed by atoms with van der Waals surface area (Å²) in [5, 5.41) is 13.7. The highest BCUT2D eigenvalue weighted by Crippen LogP contribution is 2.27. The molecule has 0 radical (unpaired) electrons. The van der Waals surface area contributed by atoms with E-state index in [0.717, 1.165) is 67.6 Å². The van der Waals surface area contributed by atoms with Crippen LogP contribution >= 0.6 is 0 Å². The molecule has 34 heavy (non-hydrogen) atoms. The van der Waals surface area contributed by atoms with E-state index >= 15 is 0 Å². The van der Waals surface area contributed by atoms with Crippen molar-refractivity contribution in [3.8, 4) is 0 Å². The van der Waals surface area contributed by atoms with E-state index in [1.165, 1.54) is 6.33 Å². The van der Waals surface area contributed by atoms with Crippen molar-refractivity contribution in [2.75, 3.05) is 32.1 Å². The minimum Gasteiger partial charge on any atom is -0.385 e. The van der Waals surface area contributed by atoms with Crippen molar-refractivity contribution in [3.63, 3.8) is 0 Å². The standard InChI is InChI=1S/C19H19N5O2.C6H15NO/c1-11-3-4-13(19(26)22-15-5-6-15)7-16(11)23-18-17-12(2)14(9-25)8-24(17)21-10-20-18;1-3-7-5-4-6-8-2/h3-4,7-10,15H,5-6H2,1-2H3,(H,22,26)(H,20,21,23);7H,3-6H2,1-2H3. The van der Waals surface area contributed by atoms with Gasteiger partial charge in [-0.15, -0.1) is 0 Å². The van der Waals surface area contributed by atoms with E-state index in [9.17, 15) is 9.59 Å². The molecule has 1 aliphatic carbocycles. The molecule has 3 aromatic rings. The zero-order chi connectivity index (χ0) is 24.5. The quantitative estimate of drug-likeness (QED) is 0.310. The number of aldehydes is 1. The lowest BCUT2D eigenvalue weighted by molar-refractivity contribution is 0.0950. The summed E-state index contributed by atoms with van der Waals surface area (Å²) in [6, 6.07) is 5.86. The number of nitrogens with one attached hydrogen (secondary N) is 3. The largest absolute Gasteiger partial charge is 0.385 e. The molecule has 3 N–H and O–H groups in total. The lowest BCUT2D eigenvalue weighted by atomic mass is 10.1. The first-order valence-corrected chi connectivity index (χ1v) is 11.6. The van der Waals surface area contributed by atoms with E-state index in [0.29, 0.717) is 23.0 Å². The van der Waals surface area contributed by atoms with Crippen LogP contribution < -0.4 is 16.0 Å². The van der Waals surface area contributed by atoms with Crippen molar-refractivity contribution in [2.24, 2.45) is 0 Å². The number of hydrogen-bond donors (Lipinski definition) is 3. The molecule has 0 bridgehead atoms. The zero-order valence-electron chi connectivity index (χ0n) is 20.4. The van der Waals surface area contributed by atoms with Crippen LogP contribution in [0.4, 0.5) is 11.5 Å². The van der Waals surface area contributed by atoms with Crippen molar-refractivity contribution >= 4 is 29.2 Å². The van der Waals surface area contributed by atoms with Gasteiger partial charge >= 0.3 is 0 Å². The van der Waals surface area contributed by atoms with Gasteiger partial charge in [0.25, 0.3) is 5.91 Å². The second-order valence-electron chi connectivity index (χ2n) is 8.33. The van der Waals surface area contributed by atoms with Gasteiger partial charge in [0.15, 0.2) is 12.1 Å². The molecule has 1 fully saturated rings. The Morgan fingerprint density at radius 2 is 2.09 bits per heavy atom. The first-order chi connectivity index (χ1) is 16.5. The topological polar surface area (TPSA) is 110 Å². The Labute approximate surface area is 200 Å². The Hall–Kier alpha value is -3.30. The predicted molar refractivity (Wildman–Crippen MR) is 133 cm³/mol. The highest BCUT2D eigenvalue weighted by atomic mass is 16.5. The third-order valence-electron chi connectivity index (χ3n) is 5.61. The number of rotatable bonds is 10. The molecule has 2 heterocycles. The van der Waals surface area contributed by atoms with Gasteiger partial charge in [-0.3, -0.25) is 9.59 Å². The normalized spacial score (nSPS) is 12.7. The van der Waals surface area contributed by atoms with Crippen molar-refractivity contribution in [1.82, 2.24) is 25.2 Å². The number of anilines is 2. The molecule has 0 unspecified atom stereocenters. The van der Waals surface area contributed by atoms with Crippen molar-refractivity contribution in [3.05, 3.63) is 53.0 Å². The van der Waals surface area contributed by atoms with Crippen molar-refractivity contribution in [1.29, 1.82) is 0 Å². The number of aryl methyl sites for hydroxylation is 2. The van der Waals surface area contributed by atoms with Crippen LogP contribution in [0.25, 0.3) is 5.52 Å². The van der Waals surface area contributed by atoms with E-state index in [2.05, 4.69) is 33.0 Å². The first-order valence-electron chi connectivity index (χ1n) is 11.6. The lowest BCUT2D eigenvalue weighted by Crippen LogP contribution is -2.25. The highest BCUT2D eigenvalue weighted by Gasteiger charge is 2.24. The van der Waals surface area contributed by atoms with Gasteiger partial charge in [0.05, 0.1) is 0 Å². The molecule has 1 aromatic carbocycles. The Kier molecular flexibility index (Phi) is 9.12. The molecular formula is C25H34N6O3. The third-order valence-corrected chi connectivity index (χ3v) is 5.61. The van der Waals surface area contributed by atoms with Crippen LogP contribution in [0, 0.1) is 13.8 Å². The minimum atomic E-state index is -0.0644. The fraction of sp³-hybridized carbons (Fsp3) is 0.440. The molecule has 9 heteroatoms. The van der Waals surface area contributed by atoms with Crippen LogP contribution in [0.3, 0.4) is 0 Å². The number of fused-ring (bicyclic) bond motifs is 1. The van der Waals surface area contributed by atoms with E-state index in [4.69, 9.17) is 4.74 Å². The van der Waals surface area contributed by atoms with Crippen LogP contribution in [-0.4, -0.2) is 59.6 Å². The van der Waals surface area contributed by atoms with E-state index in [1.807, 2.05) is 32.0 Å². The smallest absolute Gasteiger partial charge is 0.251 e. The minimum absolute atomic E-state index is 0.0644. The summed E-state index contributed by atoms with van der Waals surface area (Å²) in [6.45, 7) is 8.93. The second kappa shape index (κ2) is 12.2. The Balaban J connectivity index is 0.000000350. The Morgan fingerprint density at radius 3 is 2.76 bits per heavy atom. The van der Waals surface area contributed by atoms with Gasteiger partial charge in [0.2, 0.25) is 0 Å². The van der Waals surface area contributed by atoms with Crippen molar-refractivity contribution in [2.45, 2.75) is 46.1 Å². The summed E-state index contributed by atoms with van der Waals surface area (Å²) >= 11 is 0. The van der Waals surface area contributed by atoms with Crippen LogP contribution in [0.1, 0.15) is 58.0 Å². The van der Waals surface area contributed by atoms with Gasteiger partial charge in [-0.1, -0.05) is 13.0 Å². The number of benzene rings is 1. The number of nitrogens with zero attached hydrogens (tertiary/aromatic N) is 3. The zero-order valence-corrected chi connectivity index (χ0v) is 20.4. The summed E-state index contributed by atoms with van der Waals surface area (Å²) in [7, 11) is 1.73. The maximum atomic E-state index is 12.3. The van der Waals surface area contributed by atoms with Crippen LogP contribution in [0.5, 0.6) is 0 Å². The second-order valence-corrected chi connectivity index (χ2v) is 8.33. The van der Waals surface area contributed by atoms with Gasteiger partial charge in [0.1, 0.15) is 11.8 Å². The van der Waals surface area contributed by atoms with Crippen LogP contribution in [0.15, 0.2) is 30.7 Å². The summed E-state index contributed by atoms with van der Waals surface area (Å²) in [4.78, 5) is 27.8. The summed E-state index contributed by atoms with van der Waals surface area (Å²) < 4.78 is 6.48.